The molecule has 1 aromatic carbocycles. The third kappa shape index (κ3) is 7.28. The Hall–Kier alpha value is -1.88. The molecule has 0 heterocycles. The van der Waals surface area contributed by atoms with E-state index in [4.69, 9.17) is 15.2 Å². The van der Waals surface area contributed by atoms with Gasteiger partial charge in [-0.15, -0.1) is 0 Å². The normalized spacial score (nSPS) is 13.3. The summed E-state index contributed by atoms with van der Waals surface area (Å²) in [7, 11) is 0. The summed E-state index contributed by atoms with van der Waals surface area (Å²) in [5.74, 6) is -0.811. The predicted octanol–water partition coefficient (Wildman–Crippen LogP) is 2.85. The van der Waals surface area contributed by atoms with E-state index in [1.54, 1.807) is 45.0 Å². The van der Waals surface area contributed by atoms with Crippen molar-refractivity contribution in [2.45, 2.75) is 65.2 Å². The number of hydrogen-bond acceptors (Lipinski definition) is 5. The summed E-state index contributed by atoms with van der Waals surface area (Å²) in [6.45, 7) is 10.9. The third-order valence-electron chi connectivity index (χ3n) is 2.75. The average Bonchev–Trinajstić information content (AvgIpc) is 2.35. The molecule has 0 aliphatic rings. The molecule has 0 aliphatic heterocycles. The summed E-state index contributed by atoms with van der Waals surface area (Å²) in [5.41, 5.74) is 6.10. The molecule has 0 saturated heterocycles. The van der Waals surface area contributed by atoms with Crippen LogP contribution in [-0.4, -0.2) is 29.2 Å². The first-order chi connectivity index (χ1) is 10.4. The predicted molar refractivity (Wildman–Crippen MR) is 89.1 cm³/mol. The molecule has 5 heteroatoms. The Bertz CT molecular complexity index is 550. The molecular weight excluding hydrogens is 294 g/mol. The molecule has 0 aliphatic carbocycles. The van der Waals surface area contributed by atoms with Crippen molar-refractivity contribution in [2.75, 3.05) is 0 Å². The Kier molecular flexibility index (Phi) is 5.94. The quantitative estimate of drug-likeness (QED) is 0.863. The number of hydrogen-bond donors (Lipinski definition) is 1. The lowest BCUT2D eigenvalue weighted by Crippen LogP contribution is -2.38. The minimum atomic E-state index is -0.735. The standard InChI is InChI=1S/C18H27NO4/c1-17(2,3)22-15(20)13-9-7-12(8-10-13)11-14(19)16(21)23-18(4,5)6/h7-10,14H,11,19H2,1-6H3/t14-/m0/s1. The van der Waals surface area contributed by atoms with Crippen molar-refractivity contribution in [1.29, 1.82) is 0 Å². The van der Waals surface area contributed by atoms with Gasteiger partial charge in [0, 0.05) is 0 Å². The van der Waals surface area contributed by atoms with Crippen molar-refractivity contribution in [2.24, 2.45) is 5.73 Å². The van der Waals surface area contributed by atoms with Gasteiger partial charge < -0.3 is 15.2 Å². The highest BCUT2D eigenvalue weighted by Crippen LogP contribution is 2.14. The van der Waals surface area contributed by atoms with Crippen LogP contribution >= 0.6 is 0 Å². The van der Waals surface area contributed by atoms with E-state index in [1.165, 1.54) is 0 Å². The zero-order valence-corrected chi connectivity index (χ0v) is 14.8. The van der Waals surface area contributed by atoms with Gasteiger partial charge in [0.25, 0.3) is 0 Å². The largest absolute Gasteiger partial charge is 0.459 e. The molecule has 0 amide bonds. The third-order valence-corrected chi connectivity index (χ3v) is 2.75. The number of nitrogens with two attached hydrogens (primary N) is 1. The molecule has 1 atom stereocenters. The van der Waals surface area contributed by atoms with Crippen LogP contribution in [0.25, 0.3) is 0 Å². The van der Waals surface area contributed by atoms with E-state index in [0.29, 0.717) is 12.0 Å². The summed E-state index contributed by atoms with van der Waals surface area (Å²) in [5, 5.41) is 0. The fraction of sp³-hybridized carbons (Fsp3) is 0.556. The van der Waals surface area contributed by atoms with Gasteiger partial charge in [0.2, 0.25) is 0 Å². The summed E-state index contributed by atoms with van der Waals surface area (Å²) >= 11 is 0. The van der Waals surface area contributed by atoms with Gasteiger partial charge >= 0.3 is 11.9 Å². The molecular formula is C18H27NO4. The summed E-state index contributed by atoms with van der Waals surface area (Å²) in [6, 6.07) is 6.14. The fourth-order valence-corrected chi connectivity index (χ4v) is 1.83. The van der Waals surface area contributed by atoms with Crippen molar-refractivity contribution in [3.63, 3.8) is 0 Å². The van der Waals surface area contributed by atoms with Gasteiger partial charge in [-0.2, -0.15) is 0 Å². The van der Waals surface area contributed by atoms with Crippen molar-refractivity contribution >= 4 is 11.9 Å². The number of carbonyl (C=O) groups excluding carboxylic acids is 2. The number of benzene rings is 1. The Labute approximate surface area is 138 Å². The molecule has 5 nitrogen and oxygen atoms in total. The summed E-state index contributed by atoms with van der Waals surface area (Å²) in [4.78, 5) is 23.8. The molecule has 0 bridgehead atoms. The fourth-order valence-electron chi connectivity index (χ4n) is 1.83. The second kappa shape index (κ2) is 7.13. The molecule has 0 unspecified atom stereocenters. The lowest BCUT2D eigenvalue weighted by Gasteiger charge is -2.22. The van der Waals surface area contributed by atoms with Gasteiger partial charge in [0.05, 0.1) is 5.56 Å². The molecule has 128 valence electrons. The van der Waals surface area contributed by atoms with Crippen molar-refractivity contribution < 1.29 is 19.1 Å². The van der Waals surface area contributed by atoms with Crippen molar-refractivity contribution in [3.8, 4) is 0 Å². The van der Waals surface area contributed by atoms with Crippen LogP contribution in [0.2, 0.25) is 0 Å². The highest BCUT2D eigenvalue weighted by atomic mass is 16.6. The van der Waals surface area contributed by atoms with Crippen LogP contribution in [0, 0.1) is 0 Å². The van der Waals surface area contributed by atoms with E-state index in [-0.39, 0.29) is 5.97 Å². The van der Waals surface area contributed by atoms with E-state index >= 15 is 0 Å². The van der Waals surface area contributed by atoms with Crippen LogP contribution in [0.1, 0.15) is 57.5 Å². The number of carbonyl (C=O) groups is 2. The zero-order valence-electron chi connectivity index (χ0n) is 14.8. The molecule has 23 heavy (non-hydrogen) atoms. The average molecular weight is 321 g/mol. The smallest absolute Gasteiger partial charge is 0.338 e. The maximum atomic E-state index is 11.9. The van der Waals surface area contributed by atoms with E-state index in [1.807, 2.05) is 20.8 Å². The van der Waals surface area contributed by atoms with Crippen LogP contribution in [0.3, 0.4) is 0 Å². The highest BCUT2D eigenvalue weighted by molar-refractivity contribution is 5.89. The molecule has 0 spiro atoms. The topological polar surface area (TPSA) is 78.6 Å². The zero-order chi connectivity index (χ0) is 17.8. The molecule has 2 N–H and O–H groups in total. The summed E-state index contributed by atoms with van der Waals surface area (Å²) in [6.07, 6.45) is 0.351. The van der Waals surface area contributed by atoms with E-state index in [2.05, 4.69) is 0 Å². The monoisotopic (exact) mass is 321 g/mol. The minimum Gasteiger partial charge on any atom is -0.459 e. The van der Waals surface area contributed by atoms with Gasteiger partial charge in [-0.3, -0.25) is 4.79 Å². The van der Waals surface area contributed by atoms with Gasteiger partial charge in [-0.25, -0.2) is 4.79 Å². The lowest BCUT2D eigenvalue weighted by atomic mass is 10.0. The highest BCUT2D eigenvalue weighted by Gasteiger charge is 2.22. The first-order valence-electron chi connectivity index (χ1n) is 7.68. The van der Waals surface area contributed by atoms with Gasteiger partial charge in [-0.05, 0) is 65.7 Å². The van der Waals surface area contributed by atoms with Crippen LogP contribution in [0.15, 0.2) is 24.3 Å². The lowest BCUT2D eigenvalue weighted by molar-refractivity contribution is -0.156. The maximum Gasteiger partial charge on any atom is 0.338 e. The van der Waals surface area contributed by atoms with Gasteiger partial charge in [0.15, 0.2) is 0 Å². The van der Waals surface area contributed by atoms with Crippen molar-refractivity contribution in [3.05, 3.63) is 35.4 Å². The molecule has 0 saturated carbocycles. The van der Waals surface area contributed by atoms with E-state index < -0.39 is 23.2 Å². The second-order valence-corrected chi connectivity index (χ2v) is 7.54. The first-order valence-corrected chi connectivity index (χ1v) is 7.68. The minimum absolute atomic E-state index is 0.351. The number of ether oxygens (including phenoxy) is 2. The molecule has 0 aromatic heterocycles. The van der Waals surface area contributed by atoms with Crippen molar-refractivity contribution in [1.82, 2.24) is 0 Å². The van der Waals surface area contributed by atoms with E-state index in [9.17, 15) is 9.59 Å². The van der Waals surface area contributed by atoms with Crippen LogP contribution in [0.4, 0.5) is 0 Å². The Morgan fingerprint density at radius 3 is 1.87 bits per heavy atom. The van der Waals surface area contributed by atoms with Crippen LogP contribution in [0.5, 0.6) is 0 Å². The van der Waals surface area contributed by atoms with Crippen LogP contribution < -0.4 is 5.73 Å². The molecule has 0 radical (unpaired) electrons. The molecule has 1 aromatic rings. The number of rotatable bonds is 4. The number of esters is 2. The molecule has 0 fully saturated rings. The van der Waals surface area contributed by atoms with Crippen LogP contribution in [-0.2, 0) is 20.7 Å². The van der Waals surface area contributed by atoms with E-state index in [0.717, 1.165) is 5.56 Å². The Morgan fingerprint density at radius 1 is 0.957 bits per heavy atom. The van der Waals surface area contributed by atoms with Gasteiger partial charge in [-0.1, -0.05) is 12.1 Å². The first kappa shape index (κ1) is 19.2. The SMILES string of the molecule is CC(C)(C)OC(=O)c1ccc(C[C@H](N)C(=O)OC(C)(C)C)cc1. The summed E-state index contributed by atoms with van der Waals surface area (Å²) < 4.78 is 10.6. The molecule has 1 rings (SSSR count). The Morgan fingerprint density at radius 2 is 1.43 bits per heavy atom. The van der Waals surface area contributed by atoms with Gasteiger partial charge in [0.1, 0.15) is 17.2 Å². The maximum absolute atomic E-state index is 11.9. The Balaban J connectivity index is 2.67. The second-order valence-electron chi connectivity index (χ2n) is 7.54.